The molecule has 0 aromatic heterocycles. The van der Waals surface area contributed by atoms with Crippen molar-refractivity contribution in [3.05, 3.63) is 59.7 Å². The number of benzene rings is 2. The van der Waals surface area contributed by atoms with Crippen molar-refractivity contribution < 1.29 is 9.53 Å². The van der Waals surface area contributed by atoms with E-state index >= 15 is 0 Å². The molecule has 0 aliphatic rings. The number of nitrogens with one attached hydrogen (secondary N) is 2. The topological polar surface area (TPSA) is 50.4 Å². The molecule has 1 amide bonds. The van der Waals surface area contributed by atoms with E-state index in [2.05, 4.69) is 17.6 Å². The van der Waals surface area contributed by atoms with Crippen LogP contribution in [0.4, 0.5) is 5.69 Å². The molecule has 1 atom stereocenters. The third-order valence-corrected chi connectivity index (χ3v) is 4.02. The molecule has 0 aliphatic heterocycles. The van der Waals surface area contributed by atoms with Gasteiger partial charge in [0.15, 0.2) is 0 Å². The summed E-state index contributed by atoms with van der Waals surface area (Å²) in [6, 6.07) is 15.7. The van der Waals surface area contributed by atoms with Gasteiger partial charge in [0.1, 0.15) is 5.75 Å². The van der Waals surface area contributed by atoms with Gasteiger partial charge in [0.05, 0.1) is 7.11 Å². The monoisotopic (exact) mass is 362 g/mol. The number of hydrogen-bond donors (Lipinski definition) is 2. The summed E-state index contributed by atoms with van der Waals surface area (Å²) in [5, 5.41) is 6.33. The van der Waals surface area contributed by atoms with Crippen LogP contribution >= 0.6 is 12.4 Å². The van der Waals surface area contributed by atoms with E-state index in [1.165, 1.54) is 0 Å². The summed E-state index contributed by atoms with van der Waals surface area (Å²) < 4.78 is 5.39. The summed E-state index contributed by atoms with van der Waals surface area (Å²) in [5.74, 6) is 0.921. The van der Waals surface area contributed by atoms with Crippen molar-refractivity contribution in [3.63, 3.8) is 0 Å². The number of rotatable bonds is 8. The van der Waals surface area contributed by atoms with Crippen molar-refractivity contribution in [3.8, 4) is 5.75 Å². The molecule has 0 heterocycles. The Hall–Kier alpha value is -2.04. The van der Waals surface area contributed by atoms with Gasteiger partial charge in [-0.1, -0.05) is 50.2 Å². The molecule has 0 aliphatic carbocycles. The maximum Gasteiger partial charge on any atom is 0.224 e. The normalized spacial score (nSPS) is 11.3. The number of carbonyl (C=O) groups excluding carboxylic acids is 1. The van der Waals surface area contributed by atoms with Crippen molar-refractivity contribution in [2.24, 2.45) is 0 Å². The lowest BCUT2D eigenvalue weighted by Gasteiger charge is -2.16. The molecule has 1 unspecified atom stereocenters. The van der Waals surface area contributed by atoms with Crippen molar-refractivity contribution in [1.29, 1.82) is 0 Å². The number of amides is 1. The number of methoxy groups -OCH3 is 1. The lowest BCUT2D eigenvalue weighted by molar-refractivity contribution is -0.116. The first-order valence-corrected chi connectivity index (χ1v) is 8.37. The Labute approximate surface area is 156 Å². The lowest BCUT2D eigenvalue weighted by atomic mass is 9.96. The van der Waals surface area contributed by atoms with E-state index in [0.29, 0.717) is 6.42 Å². The van der Waals surface area contributed by atoms with Gasteiger partial charge in [-0.2, -0.15) is 0 Å². The largest absolute Gasteiger partial charge is 0.496 e. The van der Waals surface area contributed by atoms with Crippen LogP contribution in [0.3, 0.4) is 0 Å². The number of ether oxygens (including phenoxy) is 1. The van der Waals surface area contributed by atoms with Crippen LogP contribution in [0, 0.1) is 0 Å². The molecule has 136 valence electrons. The van der Waals surface area contributed by atoms with E-state index in [1.54, 1.807) is 7.11 Å². The molecule has 2 N–H and O–H groups in total. The zero-order valence-corrected chi connectivity index (χ0v) is 15.9. The van der Waals surface area contributed by atoms with Gasteiger partial charge in [-0.3, -0.25) is 4.79 Å². The third-order valence-electron chi connectivity index (χ3n) is 4.02. The Balaban J connectivity index is 0.00000312. The maximum atomic E-state index is 12.4. The molecule has 25 heavy (non-hydrogen) atoms. The van der Waals surface area contributed by atoms with Crippen LogP contribution in [-0.4, -0.2) is 19.6 Å². The number of halogens is 1. The fraction of sp³-hybridized carbons (Fsp3) is 0.350. The van der Waals surface area contributed by atoms with Crippen molar-refractivity contribution in [2.75, 3.05) is 19.0 Å². The van der Waals surface area contributed by atoms with Gasteiger partial charge in [0, 0.05) is 18.7 Å². The third kappa shape index (κ3) is 6.07. The fourth-order valence-corrected chi connectivity index (χ4v) is 2.72. The van der Waals surface area contributed by atoms with Crippen molar-refractivity contribution in [2.45, 2.75) is 32.7 Å². The molecular weight excluding hydrogens is 336 g/mol. The second-order valence-electron chi connectivity index (χ2n) is 5.83. The number of hydrogen-bond acceptors (Lipinski definition) is 3. The Kier molecular flexibility index (Phi) is 9.03. The van der Waals surface area contributed by atoms with Crippen LogP contribution in [0.1, 0.15) is 37.3 Å². The Bertz CT molecular complexity index is 676. The summed E-state index contributed by atoms with van der Waals surface area (Å²) in [7, 11) is 1.66. The second kappa shape index (κ2) is 10.7. The highest BCUT2D eigenvalue weighted by Crippen LogP contribution is 2.28. The number of anilines is 1. The zero-order valence-electron chi connectivity index (χ0n) is 15.0. The van der Waals surface area contributed by atoms with Crippen LogP contribution in [0.2, 0.25) is 0 Å². The standard InChI is InChI=1S/C20H26N2O2.ClH/c1-4-21-14-16-9-5-7-11-18(16)22-20(23)13-15(2)17-10-6-8-12-19(17)24-3;/h5-12,15,21H,4,13-14H2,1-3H3,(H,22,23);1H. The molecular formula is C20H27ClN2O2. The molecule has 0 saturated heterocycles. The summed E-state index contributed by atoms with van der Waals surface area (Å²) in [4.78, 5) is 12.4. The van der Waals surface area contributed by atoms with Crippen molar-refractivity contribution in [1.82, 2.24) is 5.32 Å². The molecule has 2 rings (SSSR count). The molecule has 0 bridgehead atoms. The highest BCUT2D eigenvalue weighted by atomic mass is 35.5. The van der Waals surface area contributed by atoms with E-state index < -0.39 is 0 Å². The van der Waals surface area contributed by atoms with E-state index in [4.69, 9.17) is 4.74 Å². The van der Waals surface area contributed by atoms with E-state index in [1.807, 2.05) is 55.5 Å². The smallest absolute Gasteiger partial charge is 0.224 e. The average molecular weight is 363 g/mol. The fourth-order valence-electron chi connectivity index (χ4n) is 2.72. The number of carbonyl (C=O) groups is 1. The van der Waals surface area contributed by atoms with E-state index in [9.17, 15) is 4.79 Å². The molecule has 4 nitrogen and oxygen atoms in total. The summed E-state index contributed by atoms with van der Waals surface area (Å²) in [6.07, 6.45) is 0.413. The molecule has 2 aromatic rings. The molecule has 5 heteroatoms. The first kappa shape index (κ1) is 21.0. The highest BCUT2D eigenvalue weighted by molar-refractivity contribution is 5.92. The molecule has 0 fully saturated rings. The predicted octanol–water partition coefficient (Wildman–Crippen LogP) is 4.36. The molecule has 0 saturated carbocycles. The van der Waals surface area contributed by atoms with Crippen molar-refractivity contribution >= 4 is 24.0 Å². The van der Waals surface area contributed by atoms with Gasteiger partial charge in [-0.15, -0.1) is 12.4 Å². The molecule has 0 radical (unpaired) electrons. The van der Waals surface area contributed by atoms with Crippen LogP contribution in [0.15, 0.2) is 48.5 Å². The predicted molar refractivity (Wildman–Crippen MR) is 106 cm³/mol. The SMILES string of the molecule is CCNCc1ccccc1NC(=O)CC(C)c1ccccc1OC.Cl. The minimum atomic E-state index is 0. The quantitative estimate of drug-likeness (QED) is 0.733. The van der Waals surface area contributed by atoms with Crippen LogP contribution in [-0.2, 0) is 11.3 Å². The van der Waals surface area contributed by atoms with Gasteiger partial charge in [0.25, 0.3) is 0 Å². The molecule has 0 spiro atoms. The highest BCUT2D eigenvalue weighted by Gasteiger charge is 2.15. The van der Waals surface area contributed by atoms with Gasteiger partial charge >= 0.3 is 0 Å². The van der Waals surface area contributed by atoms with Crippen LogP contribution < -0.4 is 15.4 Å². The minimum Gasteiger partial charge on any atom is -0.496 e. The van der Waals surface area contributed by atoms with Crippen LogP contribution in [0.25, 0.3) is 0 Å². The Morgan fingerprint density at radius 3 is 2.52 bits per heavy atom. The average Bonchev–Trinajstić information content (AvgIpc) is 2.60. The van der Waals surface area contributed by atoms with E-state index in [0.717, 1.165) is 35.7 Å². The van der Waals surface area contributed by atoms with Gasteiger partial charge in [-0.05, 0) is 35.7 Å². The second-order valence-corrected chi connectivity index (χ2v) is 5.83. The summed E-state index contributed by atoms with van der Waals surface area (Å²) in [6.45, 7) is 5.75. The number of para-hydroxylation sites is 2. The van der Waals surface area contributed by atoms with Gasteiger partial charge in [-0.25, -0.2) is 0 Å². The summed E-state index contributed by atoms with van der Waals surface area (Å²) >= 11 is 0. The lowest BCUT2D eigenvalue weighted by Crippen LogP contribution is -2.18. The Morgan fingerprint density at radius 1 is 1.12 bits per heavy atom. The Morgan fingerprint density at radius 2 is 1.80 bits per heavy atom. The van der Waals surface area contributed by atoms with Crippen LogP contribution in [0.5, 0.6) is 5.75 Å². The molecule has 2 aromatic carbocycles. The summed E-state index contributed by atoms with van der Waals surface area (Å²) in [5.41, 5.74) is 3.02. The minimum absolute atomic E-state index is 0. The van der Waals surface area contributed by atoms with Gasteiger partial charge in [0.2, 0.25) is 5.91 Å². The first-order valence-electron chi connectivity index (χ1n) is 8.37. The maximum absolute atomic E-state index is 12.4. The zero-order chi connectivity index (χ0) is 17.4. The van der Waals surface area contributed by atoms with Gasteiger partial charge < -0.3 is 15.4 Å². The first-order chi connectivity index (χ1) is 11.7. The van der Waals surface area contributed by atoms with E-state index in [-0.39, 0.29) is 24.2 Å².